The second kappa shape index (κ2) is 9.54. The Bertz CT molecular complexity index is 1250. The number of carbonyl (C=O) groups is 1. The molecule has 172 valence electrons. The Morgan fingerprint density at radius 3 is 2.36 bits per heavy atom. The number of hydrogen-bond donors (Lipinski definition) is 2. The van der Waals surface area contributed by atoms with Crippen LogP contribution < -0.4 is 19.7 Å². The Labute approximate surface area is 194 Å². The Balaban J connectivity index is 1.57. The minimum Gasteiger partial charge on any atom is -0.495 e. The van der Waals surface area contributed by atoms with Crippen molar-refractivity contribution in [3.8, 4) is 5.75 Å². The fourth-order valence-corrected chi connectivity index (χ4v) is 5.07. The molecular formula is C25H27N3O4S. The number of nitrogens with zero attached hydrogens (tertiary/aromatic N) is 1. The first-order valence-electron chi connectivity index (χ1n) is 10.8. The van der Waals surface area contributed by atoms with Crippen molar-refractivity contribution in [2.75, 3.05) is 35.1 Å². The molecule has 1 heterocycles. The van der Waals surface area contributed by atoms with Crippen LogP contribution in [-0.4, -0.2) is 34.5 Å². The highest BCUT2D eigenvalue weighted by atomic mass is 32.2. The Kier molecular flexibility index (Phi) is 6.55. The normalized spacial score (nSPS) is 13.6. The third-order valence-electron chi connectivity index (χ3n) is 5.59. The van der Waals surface area contributed by atoms with Crippen molar-refractivity contribution in [1.82, 2.24) is 0 Å². The third-order valence-corrected chi connectivity index (χ3v) is 7.00. The highest BCUT2D eigenvalue weighted by molar-refractivity contribution is 7.92. The molecule has 1 amide bonds. The first-order chi connectivity index (χ1) is 15.9. The zero-order valence-corrected chi connectivity index (χ0v) is 19.5. The SMILES string of the molecule is COc1ccc(C(=O)Nc2cccc(N3CCCC3)c2)cc1S(=O)(=O)Nc1ccc(C)cc1. The number of hydrogen-bond acceptors (Lipinski definition) is 5. The average molecular weight is 466 g/mol. The number of rotatable bonds is 7. The third kappa shape index (κ3) is 5.28. The molecule has 0 atom stereocenters. The summed E-state index contributed by atoms with van der Waals surface area (Å²) in [6.07, 6.45) is 2.33. The molecule has 1 aliphatic heterocycles. The van der Waals surface area contributed by atoms with Gasteiger partial charge in [-0.15, -0.1) is 0 Å². The van der Waals surface area contributed by atoms with Crippen LogP contribution in [0.3, 0.4) is 0 Å². The van der Waals surface area contributed by atoms with E-state index in [4.69, 9.17) is 4.74 Å². The molecule has 0 aromatic heterocycles. The molecule has 0 radical (unpaired) electrons. The van der Waals surface area contributed by atoms with Gasteiger partial charge in [-0.2, -0.15) is 0 Å². The van der Waals surface area contributed by atoms with Crippen LogP contribution in [-0.2, 0) is 10.0 Å². The zero-order valence-electron chi connectivity index (χ0n) is 18.7. The number of anilines is 3. The largest absolute Gasteiger partial charge is 0.495 e. The van der Waals surface area contributed by atoms with Gasteiger partial charge in [-0.25, -0.2) is 8.42 Å². The summed E-state index contributed by atoms with van der Waals surface area (Å²) in [7, 11) is -2.58. The van der Waals surface area contributed by atoms with Crippen molar-refractivity contribution in [3.63, 3.8) is 0 Å². The fraction of sp³-hybridized carbons (Fsp3) is 0.240. The molecule has 8 heteroatoms. The van der Waals surface area contributed by atoms with Crippen LogP contribution in [0.4, 0.5) is 17.1 Å². The number of ether oxygens (including phenoxy) is 1. The number of amides is 1. The highest BCUT2D eigenvalue weighted by Gasteiger charge is 2.22. The van der Waals surface area contributed by atoms with Crippen molar-refractivity contribution in [2.24, 2.45) is 0 Å². The quantitative estimate of drug-likeness (QED) is 0.530. The van der Waals surface area contributed by atoms with E-state index in [0.29, 0.717) is 11.4 Å². The Morgan fingerprint density at radius 2 is 1.67 bits per heavy atom. The summed E-state index contributed by atoms with van der Waals surface area (Å²) < 4.78 is 33.9. The van der Waals surface area contributed by atoms with Crippen LogP contribution in [0.25, 0.3) is 0 Å². The van der Waals surface area contributed by atoms with E-state index >= 15 is 0 Å². The van der Waals surface area contributed by atoms with E-state index in [9.17, 15) is 13.2 Å². The van der Waals surface area contributed by atoms with E-state index in [2.05, 4.69) is 14.9 Å². The molecular weight excluding hydrogens is 438 g/mol. The molecule has 1 saturated heterocycles. The maximum absolute atomic E-state index is 13.1. The first-order valence-corrected chi connectivity index (χ1v) is 12.3. The standard InChI is InChI=1S/C25H27N3O4S/c1-18-8-11-20(12-9-18)27-33(30,31)24-16-19(10-13-23(24)32-2)25(29)26-21-6-5-7-22(17-21)28-14-3-4-15-28/h5-13,16-17,27H,3-4,14-15H2,1-2H3,(H,26,29). The predicted molar refractivity (Wildman–Crippen MR) is 131 cm³/mol. The molecule has 3 aromatic rings. The molecule has 4 rings (SSSR count). The molecule has 2 N–H and O–H groups in total. The second-order valence-corrected chi connectivity index (χ2v) is 9.69. The smallest absolute Gasteiger partial charge is 0.265 e. The average Bonchev–Trinajstić information content (AvgIpc) is 3.35. The summed E-state index contributed by atoms with van der Waals surface area (Å²) in [6.45, 7) is 3.93. The van der Waals surface area contributed by atoms with Gasteiger partial charge in [0.2, 0.25) is 0 Å². The molecule has 0 saturated carbocycles. The molecule has 0 spiro atoms. The monoisotopic (exact) mass is 465 g/mol. The van der Waals surface area contributed by atoms with Crippen LogP contribution in [0.15, 0.2) is 71.6 Å². The minimum absolute atomic E-state index is 0.107. The fourth-order valence-electron chi connectivity index (χ4n) is 3.82. The first kappa shape index (κ1) is 22.7. The molecule has 0 aliphatic carbocycles. The van der Waals surface area contributed by atoms with Crippen LogP contribution in [0.5, 0.6) is 5.75 Å². The lowest BCUT2D eigenvalue weighted by atomic mass is 10.2. The van der Waals surface area contributed by atoms with Gasteiger partial charge in [0, 0.05) is 35.7 Å². The maximum Gasteiger partial charge on any atom is 0.265 e. The van der Waals surface area contributed by atoms with Crippen molar-refractivity contribution in [2.45, 2.75) is 24.7 Å². The van der Waals surface area contributed by atoms with Crippen LogP contribution in [0, 0.1) is 6.92 Å². The van der Waals surface area contributed by atoms with E-state index in [-0.39, 0.29) is 16.2 Å². The molecule has 1 fully saturated rings. The van der Waals surface area contributed by atoms with E-state index in [1.165, 1.54) is 19.2 Å². The van der Waals surface area contributed by atoms with Crippen LogP contribution >= 0.6 is 0 Å². The predicted octanol–water partition coefficient (Wildman–Crippen LogP) is 4.66. The van der Waals surface area contributed by atoms with Gasteiger partial charge in [-0.3, -0.25) is 9.52 Å². The molecule has 3 aromatic carbocycles. The van der Waals surface area contributed by atoms with Crippen LogP contribution in [0.2, 0.25) is 0 Å². The van der Waals surface area contributed by atoms with Crippen molar-refractivity contribution in [1.29, 1.82) is 0 Å². The number of nitrogens with one attached hydrogen (secondary N) is 2. The highest BCUT2D eigenvalue weighted by Crippen LogP contribution is 2.28. The topological polar surface area (TPSA) is 87.7 Å². The van der Waals surface area contributed by atoms with E-state index in [1.807, 2.05) is 43.3 Å². The van der Waals surface area contributed by atoms with Crippen molar-refractivity contribution >= 4 is 33.0 Å². The lowest BCUT2D eigenvalue weighted by molar-refractivity contribution is 0.102. The molecule has 0 bridgehead atoms. The van der Waals surface area contributed by atoms with Crippen molar-refractivity contribution in [3.05, 3.63) is 77.9 Å². The molecule has 33 heavy (non-hydrogen) atoms. The zero-order chi connectivity index (χ0) is 23.4. The lowest BCUT2D eigenvalue weighted by Crippen LogP contribution is -2.18. The van der Waals surface area contributed by atoms with Gasteiger partial charge in [-0.05, 0) is 68.3 Å². The lowest BCUT2D eigenvalue weighted by Gasteiger charge is -2.18. The molecule has 0 unspecified atom stereocenters. The number of benzene rings is 3. The van der Waals surface area contributed by atoms with Gasteiger partial charge in [0.15, 0.2) is 0 Å². The van der Waals surface area contributed by atoms with E-state index in [1.54, 1.807) is 18.2 Å². The van der Waals surface area contributed by atoms with Gasteiger partial charge in [0.1, 0.15) is 10.6 Å². The summed E-state index contributed by atoms with van der Waals surface area (Å²) in [4.78, 5) is 15.1. The van der Waals surface area contributed by atoms with Gasteiger partial charge in [0.05, 0.1) is 7.11 Å². The second-order valence-electron chi connectivity index (χ2n) is 8.04. The molecule has 7 nitrogen and oxygen atoms in total. The van der Waals surface area contributed by atoms with Gasteiger partial charge < -0.3 is 15.0 Å². The minimum atomic E-state index is -3.98. The summed E-state index contributed by atoms with van der Waals surface area (Å²) in [5.74, 6) is -0.245. The number of aryl methyl sites for hydroxylation is 1. The van der Waals surface area contributed by atoms with Gasteiger partial charge in [-0.1, -0.05) is 23.8 Å². The number of sulfonamides is 1. The Morgan fingerprint density at radius 1 is 0.939 bits per heavy atom. The summed E-state index contributed by atoms with van der Waals surface area (Å²) in [6, 6.07) is 19.0. The van der Waals surface area contributed by atoms with E-state index < -0.39 is 15.9 Å². The van der Waals surface area contributed by atoms with Crippen LogP contribution in [0.1, 0.15) is 28.8 Å². The summed E-state index contributed by atoms with van der Waals surface area (Å²) >= 11 is 0. The van der Waals surface area contributed by atoms with Gasteiger partial charge >= 0.3 is 0 Å². The molecule has 1 aliphatic rings. The number of carbonyl (C=O) groups excluding carboxylic acids is 1. The van der Waals surface area contributed by atoms with E-state index in [0.717, 1.165) is 37.2 Å². The summed E-state index contributed by atoms with van der Waals surface area (Å²) in [5.41, 5.74) is 3.37. The number of methoxy groups -OCH3 is 1. The summed E-state index contributed by atoms with van der Waals surface area (Å²) in [5, 5.41) is 2.87. The van der Waals surface area contributed by atoms with Crippen molar-refractivity contribution < 1.29 is 17.9 Å². The maximum atomic E-state index is 13.1. The van der Waals surface area contributed by atoms with Gasteiger partial charge in [0.25, 0.3) is 15.9 Å². The Hall–Kier alpha value is -3.52.